The molecule has 2 heteroatoms. The largest absolute Gasteiger partial charge is 0.368 e. The Morgan fingerprint density at radius 2 is 1.90 bits per heavy atom. The monoisotopic (exact) mass is 146 g/mol. The van der Waals surface area contributed by atoms with Crippen molar-refractivity contribution in [1.82, 2.24) is 0 Å². The van der Waals surface area contributed by atoms with Crippen LogP contribution in [-0.4, -0.2) is 18.0 Å². The van der Waals surface area contributed by atoms with Crippen molar-refractivity contribution in [2.45, 2.75) is 40.4 Å². The van der Waals surface area contributed by atoms with Gasteiger partial charge in [-0.2, -0.15) is 0 Å². The van der Waals surface area contributed by atoms with Gasteiger partial charge in [-0.25, -0.2) is 0 Å². The third kappa shape index (κ3) is 6.05. The summed E-state index contributed by atoms with van der Waals surface area (Å²) in [6, 6.07) is 0. The van der Waals surface area contributed by atoms with Gasteiger partial charge in [0.2, 0.25) is 0 Å². The zero-order valence-electron chi connectivity index (χ0n) is 7.35. The second-order valence-corrected chi connectivity index (χ2v) is 3.67. The van der Waals surface area contributed by atoms with Gasteiger partial charge in [-0.05, 0) is 12.3 Å². The molecule has 10 heavy (non-hydrogen) atoms. The Morgan fingerprint density at radius 3 is 2.20 bits per heavy atom. The fourth-order valence-corrected chi connectivity index (χ4v) is 0.775. The lowest BCUT2D eigenvalue weighted by molar-refractivity contribution is -0.113. The van der Waals surface area contributed by atoms with Gasteiger partial charge in [0.1, 0.15) is 0 Å². The van der Waals surface area contributed by atoms with Crippen LogP contribution < -0.4 is 0 Å². The van der Waals surface area contributed by atoms with Crippen molar-refractivity contribution in [3.8, 4) is 0 Å². The molecule has 0 heterocycles. The van der Waals surface area contributed by atoms with E-state index in [1.165, 1.54) is 0 Å². The van der Waals surface area contributed by atoms with Crippen molar-refractivity contribution < 1.29 is 9.84 Å². The zero-order valence-corrected chi connectivity index (χ0v) is 7.35. The van der Waals surface area contributed by atoms with Crippen LogP contribution in [0.4, 0.5) is 0 Å². The van der Waals surface area contributed by atoms with Gasteiger partial charge in [0.15, 0.2) is 6.29 Å². The fraction of sp³-hybridized carbons (Fsp3) is 1.00. The molecular weight excluding hydrogens is 128 g/mol. The van der Waals surface area contributed by atoms with Gasteiger partial charge in [0.25, 0.3) is 0 Å². The highest BCUT2D eigenvalue weighted by molar-refractivity contribution is 4.62. The number of hydrogen-bond donors (Lipinski definition) is 1. The summed E-state index contributed by atoms with van der Waals surface area (Å²) in [5, 5.41) is 9.16. The minimum atomic E-state index is -0.593. The summed E-state index contributed by atoms with van der Waals surface area (Å²) in [4.78, 5) is 0. The topological polar surface area (TPSA) is 29.5 Å². The van der Waals surface area contributed by atoms with Gasteiger partial charge in [0, 0.05) is 13.0 Å². The molecule has 0 aliphatic rings. The molecule has 1 N–H and O–H groups in total. The van der Waals surface area contributed by atoms with E-state index in [1.54, 1.807) is 0 Å². The second-order valence-electron chi connectivity index (χ2n) is 3.67. The highest BCUT2D eigenvalue weighted by atomic mass is 16.6. The number of aliphatic hydroxyl groups is 1. The van der Waals surface area contributed by atoms with Crippen LogP contribution in [0.3, 0.4) is 0 Å². The molecule has 1 unspecified atom stereocenters. The van der Waals surface area contributed by atoms with Gasteiger partial charge in [-0.15, -0.1) is 0 Å². The first-order valence-corrected chi connectivity index (χ1v) is 3.75. The summed E-state index contributed by atoms with van der Waals surface area (Å²) in [6.07, 6.45) is 0.103. The average Bonchev–Trinajstić information content (AvgIpc) is 1.59. The molecule has 0 saturated carbocycles. The molecule has 0 fully saturated rings. The second kappa shape index (κ2) is 3.94. The summed E-state index contributed by atoms with van der Waals surface area (Å²) in [6.45, 7) is 8.70. The predicted molar refractivity (Wildman–Crippen MR) is 41.7 cm³/mol. The van der Waals surface area contributed by atoms with Crippen LogP contribution in [0.15, 0.2) is 0 Å². The van der Waals surface area contributed by atoms with Crippen molar-refractivity contribution in [1.29, 1.82) is 0 Å². The average molecular weight is 146 g/mol. The van der Waals surface area contributed by atoms with Crippen molar-refractivity contribution in [2.75, 3.05) is 6.61 Å². The summed E-state index contributed by atoms with van der Waals surface area (Å²) >= 11 is 0. The standard InChI is InChI=1S/C8H18O2/c1-5-10-7(9)6-8(2,3)4/h7,9H,5-6H2,1-4H3. The van der Waals surface area contributed by atoms with Crippen LogP contribution in [0.5, 0.6) is 0 Å². The van der Waals surface area contributed by atoms with Gasteiger partial charge in [-0.3, -0.25) is 0 Å². The van der Waals surface area contributed by atoms with E-state index in [0.717, 1.165) is 0 Å². The van der Waals surface area contributed by atoms with Crippen LogP contribution in [0.1, 0.15) is 34.1 Å². The Morgan fingerprint density at radius 1 is 1.40 bits per heavy atom. The summed E-state index contributed by atoms with van der Waals surface area (Å²) in [5.41, 5.74) is 0.147. The third-order valence-electron chi connectivity index (χ3n) is 1.15. The Balaban J connectivity index is 3.47. The van der Waals surface area contributed by atoms with Gasteiger partial charge < -0.3 is 9.84 Å². The fourth-order valence-electron chi connectivity index (χ4n) is 0.775. The van der Waals surface area contributed by atoms with Crippen molar-refractivity contribution in [2.24, 2.45) is 5.41 Å². The van der Waals surface area contributed by atoms with E-state index < -0.39 is 6.29 Å². The molecule has 0 saturated heterocycles. The lowest BCUT2D eigenvalue weighted by Crippen LogP contribution is -2.20. The Labute approximate surface area is 63.2 Å². The first kappa shape index (κ1) is 9.92. The molecule has 0 radical (unpaired) electrons. The number of aliphatic hydroxyl groups excluding tert-OH is 1. The molecule has 0 rings (SSSR count). The molecule has 0 aromatic carbocycles. The Hall–Kier alpha value is -0.0800. The molecule has 2 nitrogen and oxygen atoms in total. The molecule has 0 amide bonds. The quantitative estimate of drug-likeness (QED) is 0.615. The van der Waals surface area contributed by atoms with Crippen LogP contribution in [0.25, 0.3) is 0 Å². The zero-order chi connectivity index (χ0) is 8.20. The maximum absolute atomic E-state index is 9.16. The van der Waals surface area contributed by atoms with E-state index in [1.807, 2.05) is 6.92 Å². The summed E-state index contributed by atoms with van der Waals surface area (Å²) < 4.78 is 4.97. The van der Waals surface area contributed by atoms with Gasteiger partial charge in [-0.1, -0.05) is 20.8 Å². The highest BCUT2D eigenvalue weighted by Gasteiger charge is 2.15. The van der Waals surface area contributed by atoms with Crippen LogP contribution >= 0.6 is 0 Å². The van der Waals surface area contributed by atoms with Crippen molar-refractivity contribution in [3.05, 3.63) is 0 Å². The van der Waals surface area contributed by atoms with E-state index in [2.05, 4.69) is 20.8 Å². The lowest BCUT2D eigenvalue weighted by Gasteiger charge is -2.21. The molecule has 0 aromatic heterocycles. The maximum Gasteiger partial charge on any atom is 0.155 e. The van der Waals surface area contributed by atoms with Crippen molar-refractivity contribution in [3.63, 3.8) is 0 Å². The Bertz CT molecular complexity index is 83.7. The van der Waals surface area contributed by atoms with Crippen molar-refractivity contribution >= 4 is 0 Å². The minimum absolute atomic E-state index is 0.147. The highest BCUT2D eigenvalue weighted by Crippen LogP contribution is 2.20. The molecule has 1 atom stereocenters. The molecule has 0 aliphatic heterocycles. The third-order valence-corrected chi connectivity index (χ3v) is 1.15. The van der Waals surface area contributed by atoms with E-state index in [-0.39, 0.29) is 5.41 Å². The minimum Gasteiger partial charge on any atom is -0.368 e. The lowest BCUT2D eigenvalue weighted by atomic mass is 9.92. The molecule has 0 spiro atoms. The first-order valence-electron chi connectivity index (χ1n) is 3.75. The molecular formula is C8H18O2. The normalized spacial score (nSPS) is 15.3. The predicted octanol–water partition coefficient (Wildman–Crippen LogP) is 1.78. The van der Waals surface area contributed by atoms with Gasteiger partial charge in [0.05, 0.1) is 0 Å². The number of hydrogen-bond acceptors (Lipinski definition) is 2. The smallest absolute Gasteiger partial charge is 0.155 e. The van der Waals surface area contributed by atoms with E-state index in [0.29, 0.717) is 13.0 Å². The number of ether oxygens (including phenoxy) is 1. The maximum atomic E-state index is 9.16. The van der Waals surface area contributed by atoms with E-state index >= 15 is 0 Å². The molecule has 62 valence electrons. The van der Waals surface area contributed by atoms with Crippen LogP contribution in [0.2, 0.25) is 0 Å². The Kier molecular flexibility index (Phi) is 3.91. The molecule has 0 bridgehead atoms. The summed E-state index contributed by atoms with van der Waals surface area (Å²) in [7, 11) is 0. The SMILES string of the molecule is CCOC(O)CC(C)(C)C. The van der Waals surface area contributed by atoms with E-state index in [9.17, 15) is 0 Å². The first-order chi connectivity index (χ1) is 4.45. The van der Waals surface area contributed by atoms with Gasteiger partial charge >= 0.3 is 0 Å². The summed E-state index contributed by atoms with van der Waals surface area (Å²) in [5.74, 6) is 0. The number of rotatable bonds is 3. The van der Waals surface area contributed by atoms with E-state index in [4.69, 9.17) is 9.84 Å². The molecule has 0 aliphatic carbocycles. The van der Waals surface area contributed by atoms with Crippen LogP contribution in [0, 0.1) is 5.41 Å². The molecule has 0 aromatic rings. The van der Waals surface area contributed by atoms with Crippen LogP contribution in [-0.2, 0) is 4.74 Å².